The number of nitrogens with zero attached hydrogens (tertiary/aromatic N) is 1. The maximum atomic E-state index is 10.7. The first-order valence-electron chi connectivity index (χ1n) is 9.57. The van der Waals surface area contributed by atoms with E-state index in [1.165, 1.54) is 12.8 Å². The second-order valence-electron chi connectivity index (χ2n) is 7.16. The maximum absolute atomic E-state index is 10.7. The van der Waals surface area contributed by atoms with Crippen LogP contribution in [0.1, 0.15) is 37.1 Å². The van der Waals surface area contributed by atoms with Crippen LogP contribution in [0.5, 0.6) is 5.75 Å². The normalized spacial score (nSPS) is 16.0. The summed E-state index contributed by atoms with van der Waals surface area (Å²) in [5.41, 5.74) is 0.135. The smallest absolute Gasteiger partial charge is 0.191 e. The Labute approximate surface area is 188 Å². The number of para-hydroxylation sites is 1. The van der Waals surface area contributed by atoms with Crippen LogP contribution in [0, 0.1) is 5.92 Å². The number of halogens is 1. The van der Waals surface area contributed by atoms with Gasteiger partial charge in [0, 0.05) is 17.0 Å². The van der Waals surface area contributed by atoms with Gasteiger partial charge in [-0.25, -0.2) is 4.99 Å². The molecule has 1 atom stereocenters. The highest BCUT2D eigenvalue weighted by molar-refractivity contribution is 14.0. The Kier molecular flexibility index (Phi) is 9.04. The van der Waals surface area contributed by atoms with Crippen molar-refractivity contribution >= 4 is 41.3 Å². The molecule has 7 heteroatoms. The predicted octanol–water partition coefficient (Wildman–Crippen LogP) is 4.12. The Morgan fingerprint density at radius 3 is 2.71 bits per heavy atom. The van der Waals surface area contributed by atoms with Crippen LogP contribution in [0.4, 0.5) is 0 Å². The Morgan fingerprint density at radius 1 is 1.25 bits per heavy atom. The number of rotatable bonds is 9. The number of hydrogen-bond donors (Lipinski definition) is 3. The molecule has 1 fully saturated rings. The van der Waals surface area contributed by atoms with Gasteiger partial charge in [0.15, 0.2) is 5.96 Å². The van der Waals surface area contributed by atoms with E-state index in [4.69, 9.17) is 4.74 Å². The van der Waals surface area contributed by atoms with Crippen LogP contribution >= 0.6 is 35.3 Å². The molecule has 1 unspecified atom stereocenters. The van der Waals surface area contributed by atoms with Crippen LogP contribution in [0.2, 0.25) is 0 Å². The number of guanidine groups is 1. The van der Waals surface area contributed by atoms with Gasteiger partial charge in [0.1, 0.15) is 11.4 Å². The monoisotopic (exact) mass is 515 g/mol. The summed E-state index contributed by atoms with van der Waals surface area (Å²) in [6.45, 7) is 6.31. The fourth-order valence-electron chi connectivity index (χ4n) is 2.70. The molecular formula is C21H30IN3O2S. The molecule has 0 radical (unpaired) electrons. The molecule has 0 aliphatic heterocycles. The van der Waals surface area contributed by atoms with Gasteiger partial charge in [-0.3, -0.25) is 0 Å². The minimum absolute atomic E-state index is 0. The van der Waals surface area contributed by atoms with E-state index < -0.39 is 5.60 Å². The number of benzene rings is 1. The van der Waals surface area contributed by atoms with E-state index in [0.29, 0.717) is 19.0 Å². The molecule has 0 amide bonds. The van der Waals surface area contributed by atoms with Crippen LogP contribution in [0.3, 0.4) is 0 Å². The lowest BCUT2D eigenvalue weighted by molar-refractivity contribution is 0.0655. The van der Waals surface area contributed by atoms with Crippen molar-refractivity contribution in [2.75, 3.05) is 19.7 Å². The molecule has 1 aromatic heterocycles. The summed E-state index contributed by atoms with van der Waals surface area (Å²) in [5.74, 6) is 2.32. The molecule has 5 nitrogen and oxygen atoms in total. The van der Waals surface area contributed by atoms with Crippen molar-refractivity contribution in [2.45, 2.75) is 38.8 Å². The summed E-state index contributed by atoms with van der Waals surface area (Å²) in [4.78, 5) is 5.61. The average molecular weight is 515 g/mol. The molecule has 1 aromatic carbocycles. The summed E-state index contributed by atoms with van der Waals surface area (Å²) in [7, 11) is 0. The van der Waals surface area contributed by atoms with E-state index in [1.807, 2.05) is 49.6 Å². The minimum atomic E-state index is -0.935. The predicted molar refractivity (Wildman–Crippen MR) is 127 cm³/mol. The molecule has 3 N–H and O–H groups in total. The van der Waals surface area contributed by atoms with Crippen LogP contribution in [-0.4, -0.2) is 30.8 Å². The second-order valence-corrected chi connectivity index (χ2v) is 8.11. The fraction of sp³-hybridized carbons (Fsp3) is 0.476. The Morgan fingerprint density at radius 2 is 2.04 bits per heavy atom. The van der Waals surface area contributed by atoms with Gasteiger partial charge in [-0.15, -0.1) is 35.3 Å². The zero-order valence-corrected chi connectivity index (χ0v) is 19.6. The fourth-order valence-corrected chi connectivity index (χ4v) is 3.49. The SMILES string of the molecule is CCNC(=NCc1ccccc1OCC1CC1)NCC(C)(O)c1cccs1.I. The van der Waals surface area contributed by atoms with Crippen molar-refractivity contribution in [3.8, 4) is 5.75 Å². The molecular weight excluding hydrogens is 485 g/mol. The van der Waals surface area contributed by atoms with Crippen molar-refractivity contribution in [2.24, 2.45) is 10.9 Å². The lowest BCUT2D eigenvalue weighted by Gasteiger charge is -2.23. The summed E-state index contributed by atoms with van der Waals surface area (Å²) >= 11 is 1.55. The van der Waals surface area contributed by atoms with Crippen molar-refractivity contribution in [3.05, 3.63) is 52.2 Å². The Balaban J connectivity index is 0.00000280. The number of nitrogens with one attached hydrogen (secondary N) is 2. The Bertz CT molecular complexity index is 746. The first-order valence-corrected chi connectivity index (χ1v) is 10.5. The molecule has 0 bridgehead atoms. The highest BCUT2D eigenvalue weighted by Gasteiger charge is 2.24. The largest absolute Gasteiger partial charge is 0.493 e. The summed E-state index contributed by atoms with van der Waals surface area (Å²) in [5, 5.41) is 19.2. The third-order valence-electron chi connectivity index (χ3n) is 4.55. The van der Waals surface area contributed by atoms with Gasteiger partial charge >= 0.3 is 0 Å². The highest BCUT2D eigenvalue weighted by Crippen LogP contribution is 2.30. The molecule has 1 aliphatic carbocycles. The van der Waals surface area contributed by atoms with Gasteiger partial charge in [-0.05, 0) is 50.1 Å². The van der Waals surface area contributed by atoms with Gasteiger partial charge in [0.2, 0.25) is 0 Å². The number of ether oxygens (including phenoxy) is 1. The minimum Gasteiger partial charge on any atom is -0.493 e. The summed E-state index contributed by atoms with van der Waals surface area (Å²) in [6, 6.07) is 12.0. The van der Waals surface area contributed by atoms with Gasteiger partial charge in [0.05, 0.1) is 19.7 Å². The number of thiophene rings is 1. The van der Waals surface area contributed by atoms with E-state index in [9.17, 15) is 5.11 Å². The van der Waals surface area contributed by atoms with Gasteiger partial charge in [-0.2, -0.15) is 0 Å². The molecule has 0 spiro atoms. The summed E-state index contributed by atoms with van der Waals surface area (Å²) < 4.78 is 5.97. The van der Waals surface area contributed by atoms with Gasteiger partial charge < -0.3 is 20.5 Å². The van der Waals surface area contributed by atoms with Crippen molar-refractivity contribution in [1.82, 2.24) is 10.6 Å². The van der Waals surface area contributed by atoms with E-state index in [-0.39, 0.29) is 24.0 Å². The van der Waals surface area contributed by atoms with Gasteiger partial charge in [-0.1, -0.05) is 24.3 Å². The van der Waals surface area contributed by atoms with Crippen LogP contribution < -0.4 is 15.4 Å². The van der Waals surface area contributed by atoms with Crippen LogP contribution in [-0.2, 0) is 12.1 Å². The maximum Gasteiger partial charge on any atom is 0.191 e. The van der Waals surface area contributed by atoms with E-state index in [0.717, 1.165) is 35.3 Å². The van der Waals surface area contributed by atoms with E-state index in [2.05, 4.69) is 21.7 Å². The molecule has 1 heterocycles. The topological polar surface area (TPSA) is 65.9 Å². The van der Waals surface area contributed by atoms with Crippen LogP contribution in [0.25, 0.3) is 0 Å². The molecule has 0 saturated heterocycles. The molecule has 154 valence electrons. The Hall–Kier alpha value is -1.32. The highest BCUT2D eigenvalue weighted by atomic mass is 127. The average Bonchev–Trinajstić information content (AvgIpc) is 3.32. The van der Waals surface area contributed by atoms with E-state index in [1.54, 1.807) is 11.3 Å². The first kappa shape index (κ1) is 23.0. The zero-order valence-electron chi connectivity index (χ0n) is 16.5. The van der Waals surface area contributed by atoms with Crippen LogP contribution in [0.15, 0.2) is 46.8 Å². The molecule has 1 aliphatic rings. The van der Waals surface area contributed by atoms with Gasteiger partial charge in [0.25, 0.3) is 0 Å². The van der Waals surface area contributed by atoms with Crippen molar-refractivity contribution < 1.29 is 9.84 Å². The standard InChI is InChI=1S/C21H29N3O2S.HI/c1-3-22-20(24-15-21(2,25)19-9-6-12-27-19)23-13-17-7-4-5-8-18(17)26-14-16-10-11-16;/h4-9,12,16,25H,3,10-11,13-15H2,1-2H3,(H2,22,23,24);1H. The number of aliphatic hydroxyl groups is 1. The lowest BCUT2D eigenvalue weighted by atomic mass is 10.1. The molecule has 2 aromatic rings. The third-order valence-corrected chi connectivity index (χ3v) is 5.67. The van der Waals surface area contributed by atoms with E-state index >= 15 is 0 Å². The summed E-state index contributed by atoms with van der Waals surface area (Å²) in [6.07, 6.45) is 2.55. The van der Waals surface area contributed by atoms with Crippen molar-refractivity contribution in [1.29, 1.82) is 0 Å². The molecule has 28 heavy (non-hydrogen) atoms. The third kappa shape index (κ3) is 6.93. The lowest BCUT2D eigenvalue weighted by Crippen LogP contribution is -2.44. The molecule has 3 rings (SSSR count). The number of aliphatic imine (C=N–C) groups is 1. The zero-order chi connectivity index (χ0) is 19.1. The number of hydrogen-bond acceptors (Lipinski definition) is 4. The molecule has 1 saturated carbocycles. The van der Waals surface area contributed by atoms with Crippen molar-refractivity contribution in [3.63, 3.8) is 0 Å². The second kappa shape index (κ2) is 11.0. The first-order chi connectivity index (χ1) is 13.1. The quantitative estimate of drug-likeness (QED) is 0.267.